The quantitative estimate of drug-likeness (QED) is 0.394. The van der Waals surface area contributed by atoms with Crippen molar-refractivity contribution in [2.24, 2.45) is 56.7 Å². The average molecular weight is 425 g/mol. The first kappa shape index (κ1) is 21.2. The largest absolute Gasteiger partial charge is 0.392 e. The number of aliphatic hydroxyl groups is 1. The standard InChI is InChI=1S/C30H48O/c1-19-18-25(31)30-17-10-20(19)21(30)11-15-29(6)24(30)9-8-23-27(4)14-7-13-26(2,3)22(27)12-16-28(23,29)5/h20-25,31H,1,7-18H2,2-6H3. The molecule has 0 aromatic carbocycles. The Balaban J connectivity index is 1.42. The van der Waals surface area contributed by atoms with Crippen molar-refractivity contribution in [1.82, 2.24) is 0 Å². The summed E-state index contributed by atoms with van der Waals surface area (Å²) in [5.41, 5.74) is 3.47. The highest BCUT2D eigenvalue weighted by molar-refractivity contribution is 5.26. The van der Waals surface area contributed by atoms with Crippen LogP contribution in [0.15, 0.2) is 12.2 Å². The molecule has 0 aliphatic heterocycles. The lowest BCUT2D eigenvalue weighted by Crippen LogP contribution is -2.68. The Labute approximate surface area is 191 Å². The number of hydrogen-bond acceptors (Lipinski definition) is 1. The van der Waals surface area contributed by atoms with Crippen LogP contribution >= 0.6 is 0 Å². The van der Waals surface area contributed by atoms with Crippen molar-refractivity contribution in [3.8, 4) is 0 Å². The topological polar surface area (TPSA) is 20.2 Å². The highest BCUT2D eigenvalue weighted by Gasteiger charge is 2.73. The summed E-state index contributed by atoms with van der Waals surface area (Å²) in [7, 11) is 0. The van der Waals surface area contributed by atoms with Crippen LogP contribution in [-0.4, -0.2) is 11.2 Å². The van der Waals surface area contributed by atoms with Gasteiger partial charge in [-0.1, -0.05) is 53.2 Å². The molecule has 6 fully saturated rings. The predicted octanol–water partition coefficient (Wildman–Crippen LogP) is 7.78. The van der Waals surface area contributed by atoms with Gasteiger partial charge in [-0.2, -0.15) is 0 Å². The Kier molecular flexibility index (Phi) is 4.27. The second-order valence-electron chi connectivity index (χ2n) is 14.7. The van der Waals surface area contributed by atoms with Gasteiger partial charge in [0.1, 0.15) is 0 Å². The summed E-state index contributed by atoms with van der Waals surface area (Å²) in [5, 5.41) is 11.6. The van der Waals surface area contributed by atoms with Crippen molar-refractivity contribution in [3.63, 3.8) is 0 Å². The molecule has 10 atom stereocenters. The molecule has 0 aromatic rings. The third-order valence-electron chi connectivity index (χ3n) is 13.9. The van der Waals surface area contributed by atoms with Crippen LogP contribution in [0.2, 0.25) is 0 Å². The molecule has 0 heterocycles. The third kappa shape index (κ3) is 2.29. The second kappa shape index (κ2) is 6.22. The molecule has 2 bridgehead atoms. The van der Waals surface area contributed by atoms with Crippen molar-refractivity contribution in [2.45, 2.75) is 118 Å². The SMILES string of the molecule is C=C1CC(O)C23CCC1C2CCC1(C)C3CCC2C3(C)CCCC(C)(C)C3CCC21C. The molecule has 0 saturated heterocycles. The molecule has 0 aromatic heterocycles. The Hall–Kier alpha value is -0.300. The van der Waals surface area contributed by atoms with Crippen LogP contribution in [0.5, 0.6) is 0 Å². The van der Waals surface area contributed by atoms with E-state index in [-0.39, 0.29) is 11.5 Å². The van der Waals surface area contributed by atoms with Crippen molar-refractivity contribution in [2.75, 3.05) is 0 Å². The minimum Gasteiger partial charge on any atom is -0.392 e. The summed E-state index contributed by atoms with van der Waals surface area (Å²) in [4.78, 5) is 0. The molecule has 1 nitrogen and oxygen atoms in total. The normalized spacial score (nSPS) is 59.9. The summed E-state index contributed by atoms with van der Waals surface area (Å²) in [6.07, 6.45) is 16.1. The van der Waals surface area contributed by atoms with Crippen LogP contribution in [0.3, 0.4) is 0 Å². The van der Waals surface area contributed by atoms with E-state index >= 15 is 0 Å². The summed E-state index contributed by atoms with van der Waals surface area (Å²) in [6, 6.07) is 0. The van der Waals surface area contributed by atoms with Gasteiger partial charge in [-0.05, 0) is 122 Å². The summed E-state index contributed by atoms with van der Waals surface area (Å²) in [5.74, 6) is 3.94. The van der Waals surface area contributed by atoms with Crippen molar-refractivity contribution >= 4 is 0 Å². The van der Waals surface area contributed by atoms with E-state index in [0.717, 1.165) is 30.1 Å². The van der Waals surface area contributed by atoms with Crippen LogP contribution in [0, 0.1) is 56.7 Å². The van der Waals surface area contributed by atoms with E-state index in [2.05, 4.69) is 41.2 Å². The van der Waals surface area contributed by atoms with Gasteiger partial charge in [0.25, 0.3) is 0 Å². The molecule has 6 aliphatic rings. The van der Waals surface area contributed by atoms with Gasteiger partial charge in [0.05, 0.1) is 6.10 Å². The smallest absolute Gasteiger partial charge is 0.0639 e. The van der Waals surface area contributed by atoms with E-state index < -0.39 is 0 Å². The number of hydrogen-bond donors (Lipinski definition) is 1. The van der Waals surface area contributed by atoms with E-state index in [9.17, 15) is 5.11 Å². The van der Waals surface area contributed by atoms with Crippen LogP contribution in [0.1, 0.15) is 112 Å². The lowest BCUT2D eigenvalue weighted by Gasteiger charge is -2.74. The zero-order valence-electron chi connectivity index (χ0n) is 21.1. The number of aliphatic hydroxyl groups excluding tert-OH is 1. The molecule has 0 radical (unpaired) electrons. The van der Waals surface area contributed by atoms with Gasteiger partial charge in [-0.15, -0.1) is 0 Å². The molecule has 0 spiro atoms. The second-order valence-corrected chi connectivity index (χ2v) is 14.7. The highest BCUT2D eigenvalue weighted by Crippen LogP contribution is 2.79. The predicted molar refractivity (Wildman–Crippen MR) is 129 cm³/mol. The summed E-state index contributed by atoms with van der Waals surface area (Å²) < 4.78 is 0. The van der Waals surface area contributed by atoms with Crippen molar-refractivity contribution in [1.29, 1.82) is 0 Å². The van der Waals surface area contributed by atoms with Crippen LogP contribution < -0.4 is 0 Å². The fourth-order valence-electron chi connectivity index (χ4n) is 12.6. The minimum atomic E-state index is -0.130. The van der Waals surface area contributed by atoms with Gasteiger partial charge >= 0.3 is 0 Å². The fraction of sp³-hybridized carbons (Fsp3) is 0.933. The fourth-order valence-corrected chi connectivity index (χ4v) is 12.6. The first-order chi connectivity index (χ1) is 14.5. The first-order valence-corrected chi connectivity index (χ1v) is 13.9. The van der Waals surface area contributed by atoms with E-state index in [1.165, 1.54) is 76.2 Å². The van der Waals surface area contributed by atoms with E-state index in [1.54, 1.807) is 0 Å². The van der Waals surface area contributed by atoms with Gasteiger partial charge in [-0.3, -0.25) is 0 Å². The number of rotatable bonds is 0. The maximum Gasteiger partial charge on any atom is 0.0639 e. The van der Waals surface area contributed by atoms with Gasteiger partial charge < -0.3 is 5.11 Å². The molecule has 1 N–H and O–H groups in total. The van der Waals surface area contributed by atoms with E-state index in [1.807, 2.05) is 0 Å². The lowest BCUT2D eigenvalue weighted by atomic mass is 9.31. The van der Waals surface area contributed by atoms with Crippen LogP contribution in [-0.2, 0) is 0 Å². The Bertz CT molecular complexity index is 796. The summed E-state index contributed by atoms with van der Waals surface area (Å²) in [6.45, 7) is 17.8. The lowest BCUT2D eigenvalue weighted by molar-refractivity contribution is -0.259. The maximum absolute atomic E-state index is 11.6. The van der Waals surface area contributed by atoms with E-state index in [4.69, 9.17) is 0 Å². The Morgan fingerprint density at radius 3 is 2.19 bits per heavy atom. The van der Waals surface area contributed by atoms with Gasteiger partial charge in [0.2, 0.25) is 0 Å². The molecule has 6 aliphatic carbocycles. The minimum absolute atomic E-state index is 0.130. The Morgan fingerprint density at radius 2 is 1.42 bits per heavy atom. The summed E-state index contributed by atoms with van der Waals surface area (Å²) >= 11 is 0. The molecule has 174 valence electrons. The molecular weight excluding hydrogens is 376 g/mol. The van der Waals surface area contributed by atoms with Crippen LogP contribution in [0.4, 0.5) is 0 Å². The average Bonchev–Trinajstić information content (AvgIpc) is 3.02. The maximum atomic E-state index is 11.6. The zero-order chi connectivity index (χ0) is 22.0. The van der Waals surface area contributed by atoms with Crippen LogP contribution in [0.25, 0.3) is 0 Å². The van der Waals surface area contributed by atoms with Gasteiger partial charge in [0.15, 0.2) is 0 Å². The van der Waals surface area contributed by atoms with Crippen molar-refractivity contribution in [3.05, 3.63) is 12.2 Å². The molecule has 0 amide bonds. The molecule has 6 rings (SSSR count). The first-order valence-electron chi connectivity index (χ1n) is 13.9. The molecule has 31 heavy (non-hydrogen) atoms. The highest BCUT2D eigenvalue weighted by atomic mass is 16.3. The van der Waals surface area contributed by atoms with Gasteiger partial charge in [-0.25, -0.2) is 0 Å². The molecular formula is C30H48O. The number of fused-ring (bicyclic) bond motifs is 5. The monoisotopic (exact) mass is 424 g/mol. The molecule has 10 unspecified atom stereocenters. The van der Waals surface area contributed by atoms with E-state index in [0.29, 0.717) is 27.6 Å². The Morgan fingerprint density at radius 1 is 0.742 bits per heavy atom. The molecule has 1 heteroatoms. The third-order valence-corrected chi connectivity index (χ3v) is 13.9. The van der Waals surface area contributed by atoms with Gasteiger partial charge in [0, 0.05) is 5.41 Å². The van der Waals surface area contributed by atoms with Crippen molar-refractivity contribution < 1.29 is 5.11 Å². The zero-order valence-corrected chi connectivity index (χ0v) is 21.1. The molecule has 6 saturated carbocycles.